The van der Waals surface area contributed by atoms with Crippen LogP contribution in [-0.2, 0) is 6.54 Å². The number of amides is 1. The first-order valence-electron chi connectivity index (χ1n) is 10.7. The molecule has 7 nitrogen and oxygen atoms in total. The summed E-state index contributed by atoms with van der Waals surface area (Å²) in [6.45, 7) is 2.01. The summed E-state index contributed by atoms with van der Waals surface area (Å²) in [5.41, 5.74) is 2.93. The molecule has 174 valence electrons. The third-order valence-electron chi connectivity index (χ3n) is 5.72. The zero-order chi connectivity index (χ0) is 24.2. The van der Waals surface area contributed by atoms with Gasteiger partial charge in [0, 0.05) is 22.3 Å². The molecule has 0 unspecified atom stereocenters. The van der Waals surface area contributed by atoms with E-state index in [4.69, 9.17) is 14.2 Å². The normalized spacial score (nSPS) is 10.7. The molecule has 0 saturated carbocycles. The van der Waals surface area contributed by atoms with Crippen LogP contribution in [0.25, 0.3) is 10.9 Å². The quantitative estimate of drug-likeness (QED) is 0.434. The molecule has 7 heteroatoms. The van der Waals surface area contributed by atoms with Crippen molar-refractivity contribution < 1.29 is 19.0 Å². The van der Waals surface area contributed by atoms with Crippen LogP contribution in [0.3, 0.4) is 0 Å². The van der Waals surface area contributed by atoms with Gasteiger partial charge in [-0.15, -0.1) is 0 Å². The van der Waals surface area contributed by atoms with E-state index in [9.17, 15) is 9.59 Å². The lowest BCUT2D eigenvalue weighted by Crippen LogP contribution is -2.33. The van der Waals surface area contributed by atoms with Gasteiger partial charge in [-0.25, -0.2) is 0 Å². The van der Waals surface area contributed by atoms with Crippen LogP contribution in [-0.4, -0.2) is 32.2 Å². The number of rotatable bonds is 7. The first-order chi connectivity index (χ1) is 16.5. The third kappa shape index (κ3) is 4.32. The Morgan fingerprint density at radius 2 is 1.53 bits per heavy atom. The molecule has 1 heterocycles. The summed E-state index contributed by atoms with van der Waals surface area (Å²) in [5, 5.41) is 0.891. The molecule has 3 aromatic carbocycles. The molecule has 0 atom stereocenters. The predicted octanol–water partition coefficient (Wildman–Crippen LogP) is 4.71. The van der Waals surface area contributed by atoms with E-state index in [-0.39, 0.29) is 18.0 Å². The maximum absolute atomic E-state index is 13.9. The minimum absolute atomic E-state index is 0.0838. The Balaban J connectivity index is 1.84. The first-order valence-corrected chi connectivity index (χ1v) is 10.7. The number of nitrogens with zero attached hydrogens (tertiary/aromatic N) is 1. The molecule has 4 aromatic rings. The van der Waals surface area contributed by atoms with Gasteiger partial charge in [-0.3, -0.25) is 9.59 Å². The summed E-state index contributed by atoms with van der Waals surface area (Å²) in [4.78, 5) is 31.3. The number of ether oxygens (including phenoxy) is 3. The second-order valence-electron chi connectivity index (χ2n) is 7.80. The molecule has 0 aliphatic rings. The van der Waals surface area contributed by atoms with Crippen LogP contribution in [0.15, 0.2) is 71.5 Å². The van der Waals surface area contributed by atoms with E-state index in [1.54, 1.807) is 17.0 Å². The molecule has 0 aliphatic heterocycles. The minimum Gasteiger partial charge on any atom is -0.493 e. The third-order valence-corrected chi connectivity index (χ3v) is 5.72. The van der Waals surface area contributed by atoms with Crippen molar-refractivity contribution in [2.75, 3.05) is 26.2 Å². The number of H-pyrrole nitrogens is 1. The Kier molecular flexibility index (Phi) is 6.54. The number of methoxy groups -OCH3 is 3. The lowest BCUT2D eigenvalue weighted by molar-refractivity contribution is 0.0984. The van der Waals surface area contributed by atoms with Gasteiger partial charge in [0.1, 0.15) is 0 Å². The number of hydrogen-bond acceptors (Lipinski definition) is 5. The monoisotopic (exact) mass is 458 g/mol. The van der Waals surface area contributed by atoms with Gasteiger partial charge in [-0.1, -0.05) is 36.4 Å². The molecule has 1 N–H and O–H groups in total. The number of benzene rings is 3. The Labute approximate surface area is 197 Å². The fourth-order valence-electron chi connectivity index (χ4n) is 3.97. The summed E-state index contributed by atoms with van der Waals surface area (Å²) in [5.74, 6) is 0.841. The second kappa shape index (κ2) is 9.70. The molecule has 0 bridgehead atoms. The highest BCUT2D eigenvalue weighted by atomic mass is 16.5. The average Bonchev–Trinajstić information content (AvgIpc) is 2.86. The zero-order valence-corrected chi connectivity index (χ0v) is 19.5. The van der Waals surface area contributed by atoms with Gasteiger partial charge < -0.3 is 24.1 Å². The number of hydrogen-bond donors (Lipinski definition) is 1. The number of aromatic nitrogens is 1. The SMILES string of the molecule is COc1cc(C(=O)N(Cc2cc3ccccc3[nH]c2=O)c2ccccc2C)cc(OC)c1OC. The highest BCUT2D eigenvalue weighted by Gasteiger charge is 2.24. The smallest absolute Gasteiger partial charge is 0.258 e. The van der Waals surface area contributed by atoms with Crippen LogP contribution in [0.2, 0.25) is 0 Å². The van der Waals surface area contributed by atoms with Gasteiger partial charge >= 0.3 is 0 Å². The Morgan fingerprint density at radius 1 is 0.882 bits per heavy atom. The molecular formula is C27H26N2O5. The van der Waals surface area contributed by atoms with Crippen molar-refractivity contribution >= 4 is 22.5 Å². The van der Waals surface area contributed by atoms with Crippen molar-refractivity contribution in [3.63, 3.8) is 0 Å². The fraction of sp³-hybridized carbons (Fsp3) is 0.185. The van der Waals surface area contributed by atoms with Crippen molar-refractivity contribution in [1.29, 1.82) is 0 Å². The summed E-state index contributed by atoms with van der Waals surface area (Å²) in [6, 6.07) is 20.1. The first kappa shape index (κ1) is 22.9. The number of carbonyl (C=O) groups excluding carboxylic acids is 1. The summed E-state index contributed by atoms with van der Waals surface area (Å²) >= 11 is 0. The number of anilines is 1. The van der Waals surface area contributed by atoms with E-state index in [1.165, 1.54) is 21.3 Å². The van der Waals surface area contributed by atoms with Crippen molar-refractivity contribution in [1.82, 2.24) is 4.98 Å². The number of para-hydroxylation sites is 2. The van der Waals surface area contributed by atoms with E-state index >= 15 is 0 Å². The molecule has 0 spiro atoms. The lowest BCUT2D eigenvalue weighted by Gasteiger charge is -2.25. The number of pyridine rings is 1. The number of aryl methyl sites for hydroxylation is 1. The lowest BCUT2D eigenvalue weighted by atomic mass is 10.1. The highest BCUT2D eigenvalue weighted by Crippen LogP contribution is 2.39. The number of carbonyl (C=O) groups is 1. The van der Waals surface area contributed by atoms with E-state index in [2.05, 4.69) is 4.98 Å². The average molecular weight is 459 g/mol. The van der Waals surface area contributed by atoms with Crippen LogP contribution < -0.4 is 24.7 Å². The van der Waals surface area contributed by atoms with E-state index in [0.29, 0.717) is 34.1 Å². The second-order valence-corrected chi connectivity index (χ2v) is 7.80. The van der Waals surface area contributed by atoms with Gasteiger partial charge in [0.25, 0.3) is 11.5 Å². The van der Waals surface area contributed by atoms with Crippen molar-refractivity contribution in [2.45, 2.75) is 13.5 Å². The number of aromatic amines is 1. The van der Waals surface area contributed by atoms with E-state index in [1.807, 2.05) is 61.5 Å². The Morgan fingerprint density at radius 3 is 2.18 bits per heavy atom. The molecule has 34 heavy (non-hydrogen) atoms. The number of fused-ring (bicyclic) bond motifs is 1. The minimum atomic E-state index is -0.305. The van der Waals surface area contributed by atoms with Gasteiger partial charge in [0.2, 0.25) is 5.75 Å². The molecule has 4 rings (SSSR count). The predicted molar refractivity (Wildman–Crippen MR) is 132 cm³/mol. The van der Waals surface area contributed by atoms with E-state index in [0.717, 1.165) is 16.5 Å². The Hall–Kier alpha value is -4.26. The van der Waals surface area contributed by atoms with Crippen LogP contribution >= 0.6 is 0 Å². The molecule has 0 radical (unpaired) electrons. The maximum Gasteiger partial charge on any atom is 0.258 e. The molecule has 0 fully saturated rings. The van der Waals surface area contributed by atoms with Gasteiger partial charge in [0.05, 0.1) is 27.9 Å². The topological polar surface area (TPSA) is 80.9 Å². The Bertz CT molecular complexity index is 1380. The maximum atomic E-state index is 13.9. The highest BCUT2D eigenvalue weighted by molar-refractivity contribution is 6.07. The summed E-state index contributed by atoms with van der Waals surface area (Å²) < 4.78 is 16.3. The summed E-state index contributed by atoms with van der Waals surface area (Å²) in [7, 11) is 4.51. The van der Waals surface area contributed by atoms with Crippen LogP contribution in [0.1, 0.15) is 21.5 Å². The van der Waals surface area contributed by atoms with Gasteiger partial charge in [-0.05, 0) is 48.2 Å². The van der Waals surface area contributed by atoms with Crippen molar-refractivity contribution in [2.24, 2.45) is 0 Å². The van der Waals surface area contributed by atoms with Crippen LogP contribution in [0.5, 0.6) is 17.2 Å². The zero-order valence-electron chi connectivity index (χ0n) is 19.5. The van der Waals surface area contributed by atoms with E-state index < -0.39 is 0 Å². The molecule has 1 aromatic heterocycles. The van der Waals surface area contributed by atoms with Crippen LogP contribution in [0.4, 0.5) is 5.69 Å². The molecule has 0 saturated heterocycles. The van der Waals surface area contributed by atoms with Gasteiger partial charge in [0.15, 0.2) is 11.5 Å². The van der Waals surface area contributed by atoms with Gasteiger partial charge in [-0.2, -0.15) is 0 Å². The largest absolute Gasteiger partial charge is 0.493 e. The summed E-state index contributed by atoms with van der Waals surface area (Å²) in [6.07, 6.45) is 0. The van der Waals surface area contributed by atoms with Crippen molar-refractivity contribution in [3.05, 3.63) is 93.8 Å². The standard InChI is InChI=1S/C27H26N2O5/c1-17-9-5-8-12-22(17)29(16-20-13-18-10-6-7-11-21(18)28-26(20)30)27(31)19-14-23(32-2)25(34-4)24(15-19)33-3/h5-15H,16H2,1-4H3,(H,28,30). The van der Waals surface area contributed by atoms with Crippen molar-refractivity contribution in [3.8, 4) is 17.2 Å². The molecule has 0 aliphatic carbocycles. The fourth-order valence-corrected chi connectivity index (χ4v) is 3.97. The number of nitrogens with one attached hydrogen (secondary N) is 1. The molecular weight excluding hydrogens is 432 g/mol. The molecule has 1 amide bonds. The van der Waals surface area contributed by atoms with Crippen LogP contribution in [0, 0.1) is 6.92 Å².